The van der Waals surface area contributed by atoms with Crippen LogP contribution in [0.15, 0.2) is 24.4 Å². The van der Waals surface area contributed by atoms with E-state index in [1.807, 2.05) is 36.9 Å². The Kier molecular flexibility index (Phi) is 1.81. The minimum absolute atomic E-state index is 0.378. The third-order valence-electron chi connectivity index (χ3n) is 2.52. The van der Waals surface area contributed by atoms with Gasteiger partial charge in [0.25, 0.3) is 5.91 Å². The number of amides is 1. The van der Waals surface area contributed by atoms with Crippen molar-refractivity contribution >= 4 is 16.8 Å². The van der Waals surface area contributed by atoms with Gasteiger partial charge in [-0.15, -0.1) is 0 Å². The molecule has 3 heteroatoms. The third kappa shape index (κ3) is 1.09. The summed E-state index contributed by atoms with van der Waals surface area (Å²) < 4.78 is 1.92. The summed E-state index contributed by atoms with van der Waals surface area (Å²) in [6, 6.07) is 5.69. The quantitative estimate of drug-likeness (QED) is 0.725. The highest BCUT2D eigenvalue weighted by Gasteiger charge is 2.10. The molecule has 0 unspecified atom stereocenters. The average molecular weight is 188 g/mol. The minimum Gasteiger partial charge on any atom is -0.366 e. The van der Waals surface area contributed by atoms with Crippen molar-refractivity contribution in [3.8, 4) is 0 Å². The van der Waals surface area contributed by atoms with Gasteiger partial charge < -0.3 is 10.3 Å². The van der Waals surface area contributed by atoms with E-state index in [0.29, 0.717) is 5.56 Å². The molecule has 0 aliphatic heterocycles. The number of benzene rings is 1. The van der Waals surface area contributed by atoms with Crippen molar-refractivity contribution in [3.05, 3.63) is 35.5 Å². The molecule has 0 spiro atoms. The summed E-state index contributed by atoms with van der Waals surface area (Å²) in [5, 5.41) is 1.09. The second-order valence-corrected chi connectivity index (χ2v) is 3.48. The van der Waals surface area contributed by atoms with Gasteiger partial charge in [-0.05, 0) is 24.6 Å². The van der Waals surface area contributed by atoms with E-state index in [0.717, 1.165) is 16.5 Å². The van der Waals surface area contributed by atoms with Crippen LogP contribution in [-0.2, 0) is 7.05 Å². The fourth-order valence-corrected chi connectivity index (χ4v) is 1.76. The molecule has 0 atom stereocenters. The number of hydrogen-bond acceptors (Lipinski definition) is 1. The molecule has 1 aromatic heterocycles. The van der Waals surface area contributed by atoms with Gasteiger partial charge in [0.1, 0.15) is 0 Å². The molecule has 72 valence electrons. The van der Waals surface area contributed by atoms with Gasteiger partial charge in [-0.3, -0.25) is 4.79 Å². The predicted molar refractivity (Wildman–Crippen MR) is 56.2 cm³/mol. The molecule has 2 aromatic rings. The fraction of sp³-hybridized carbons (Fsp3) is 0.182. The zero-order valence-electron chi connectivity index (χ0n) is 8.24. The molecule has 1 amide bonds. The van der Waals surface area contributed by atoms with Crippen LogP contribution in [0.4, 0.5) is 0 Å². The highest BCUT2D eigenvalue weighted by molar-refractivity contribution is 6.06. The van der Waals surface area contributed by atoms with E-state index in [4.69, 9.17) is 5.73 Å². The number of nitrogens with zero attached hydrogens (tertiary/aromatic N) is 1. The molecular weight excluding hydrogens is 176 g/mol. The van der Waals surface area contributed by atoms with Crippen molar-refractivity contribution in [3.63, 3.8) is 0 Å². The maximum atomic E-state index is 11.2. The molecule has 0 saturated heterocycles. The molecule has 0 bridgehead atoms. The van der Waals surface area contributed by atoms with Crippen LogP contribution in [0.2, 0.25) is 0 Å². The molecule has 2 N–H and O–H groups in total. The molecule has 1 heterocycles. The normalized spacial score (nSPS) is 10.7. The maximum absolute atomic E-state index is 11.2. The first-order chi connectivity index (χ1) is 6.61. The summed E-state index contributed by atoms with van der Waals surface area (Å²) in [5.41, 5.74) is 7.96. The van der Waals surface area contributed by atoms with Gasteiger partial charge >= 0.3 is 0 Å². The van der Waals surface area contributed by atoms with Gasteiger partial charge in [0.05, 0.1) is 11.1 Å². The van der Waals surface area contributed by atoms with Crippen LogP contribution >= 0.6 is 0 Å². The van der Waals surface area contributed by atoms with Gasteiger partial charge in [-0.1, -0.05) is 6.07 Å². The van der Waals surface area contributed by atoms with E-state index >= 15 is 0 Å². The Labute approximate surface area is 82.1 Å². The molecular formula is C11H12N2O. The van der Waals surface area contributed by atoms with Crippen molar-refractivity contribution in [2.24, 2.45) is 12.8 Å². The standard InChI is InChI=1S/C11H12N2O/c1-7-3-4-9(11(12)14)10-8(7)5-6-13(10)2/h3-6H,1-2H3,(H2,12,14). The monoisotopic (exact) mass is 188 g/mol. The predicted octanol–water partition coefficient (Wildman–Crippen LogP) is 1.59. The summed E-state index contributed by atoms with van der Waals surface area (Å²) in [6.45, 7) is 2.02. The molecule has 2 rings (SSSR count). The lowest BCUT2D eigenvalue weighted by atomic mass is 10.1. The van der Waals surface area contributed by atoms with E-state index in [1.165, 1.54) is 0 Å². The van der Waals surface area contributed by atoms with Crippen molar-refractivity contribution in [2.75, 3.05) is 0 Å². The van der Waals surface area contributed by atoms with Gasteiger partial charge in [-0.2, -0.15) is 0 Å². The number of carbonyl (C=O) groups is 1. The Hall–Kier alpha value is -1.77. The Morgan fingerprint density at radius 1 is 1.36 bits per heavy atom. The van der Waals surface area contributed by atoms with E-state index in [2.05, 4.69) is 0 Å². The Bertz CT molecular complexity index is 511. The summed E-state index contributed by atoms with van der Waals surface area (Å²) >= 11 is 0. The van der Waals surface area contributed by atoms with Gasteiger partial charge in [0.15, 0.2) is 0 Å². The van der Waals surface area contributed by atoms with Crippen molar-refractivity contribution in [1.29, 1.82) is 0 Å². The molecule has 3 nitrogen and oxygen atoms in total. The maximum Gasteiger partial charge on any atom is 0.250 e. The van der Waals surface area contributed by atoms with Crippen LogP contribution in [0.5, 0.6) is 0 Å². The lowest BCUT2D eigenvalue weighted by Gasteiger charge is -2.04. The smallest absolute Gasteiger partial charge is 0.250 e. The zero-order chi connectivity index (χ0) is 10.3. The number of aryl methyl sites for hydroxylation is 2. The van der Waals surface area contributed by atoms with Crippen LogP contribution in [0.1, 0.15) is 15.9 Å². The number of fused-ring (bicyclic) bond motifs is 1. The van der Waals surface area contributed by atoms with Crippen molar-refractivity contribution in [1.82, 2.24) is 4.57 Å². The lowest BCUT2D eigenvalue weighted by molar-refractivity contribution is 0.100. The van der Waals surface area contributed by atoms with Gasteiger partial charge in [0.2, 0.25) is 0 Å². The van der Waals surface area contributed by atoms with Crippen LogP contribution in [0.25, 0.3) is 10.9 Å². The third-order valence-corrected chi connectivity index (χ3v) is 2.52. The van der Waals surface area contributed by atoms with Crippen molar-refractivity contribution in [2.45, 2.75) is 6.92 Å². The molecule has 0 aliphatic rings. The largest absolute Gasteiger partial charge is 0.366 e. The summed E-state index contributed by atoms with van der Waals surface area (Å²) in [6.07, 6.45) is 1.93. The first kappa shape index (κ1) is 8.81. The van der Waals surface area contributed by atoms with E-state index < -0.39 is 0 Å². The van der Waals surface area contributed by atoms with E-state index in [1.54, 1.807) is 6.07 Å². The average Bonchev–Trinajstić information content (AvgIpc) is 2.50. The molecule has 0 saturated carbocycles. The summed E-state index contributed by atoms with van der Waals surface area (Å²) in [5.74, 6) is -0.378. The minimum atomic E-state index is -0.378. The first-order valence-corrected chi connectivity index (χ1v) is 4.45. The highest BCUT2D eigenvalue weighted by atomic mass is 16.1. The van der Waals surface area contributed by atoms with Crippen LogP contribution < -0.4 is 5.73 Å². The zero-order valence-corrected chi connectivity index (χ0v) is 8.24. The van der Waals surface area contributed by atoms with E-state index in [9.17, 15) is 4.79 Å². The van der Waals surface area contributed by atoms with E-state index in [-0.39, 0.29) is 5.91 Å². The molecule has 0 aliphatic carbocycles. The van der Waals surface area contributed by atoms with Crippen LogP contribution in [0, 0.1) is 6.92 Å². The molecule has 0 fully saturated rings. The Morgan fingerprint density at radius 3 is 2.71 bits per heavy atom. The Balaban J connectivity index is 2.92. The fourth-order valence-electron chi connectivity index (χ4n) is 1.76. The number of hydrogen-bond donors (Lipinski definition) is 1. The number of aromatic nitrogens is 1. The highest BCUT2D eigenvalue weighted by Crippen LogP contribution is 2.22. The molecule has 14 heavy (non-hydrogen) atoms. The van der Waals surface area contributed by atoms with Crippen molar-refractivity contribution < 1.29 is 4.79 Å². The summed E-state index contributed by atoms with van der Waals surface area (Å²) in [4.78, 5) is 11.2. The number of carbonyl (C=O) groups excluding carboxylic acids is 1. The topological polar surface area (TPSA) is 48.0 Å². The molecule has 1 aromatic carbocycles. The second-order valence-electron chi connectivity index (χ2n) is 3.48. The van der Waals surface area contributed by atoms with Crippen LogP contribution in [-0.4, -0.2) is 10.5 Å². The number of rotatable bonds is 1. The number of primary amides is 1. The lowest BCUT2D eigenvalue weighted by Crippen LogP contribution is -2.12. The van der Waals surface area contributed by atoms with Gasteiger partial charge in [-0.25, -0.2) is 0 Å². The summed E-state index contributed by atoms with van der Waals surface area (Å²) in [7, 11) is 1.91. The number of nitrogens with two attached hydrogens (primary N) is 1. The molecule has 0 radical (unpaired) electrons. The SMILES string of the molecule is Cc1ccc(C(N)=O)c2c1ccn2C. The van der Waals surface area contributed by atoms with Gasteiger partial charge in [0, 0.05) is 18.6 Å². The first-order valence-electron chi connectivity index (χ1n) is 4.45. The Morgan fingerprint density at radius 2 is 2.07 bits per heavy atom. The van der Waals surface area contributed by atoms with Crippen LogP contribution in [0.3, 0.4) is 0 Å². The second kappa shape index (κ2) is 2.87.